The van der Waals surface area contributed by atoms with Crippen molar-refractivity contribution in [1.82, 2.24) is 4.72 Å². The minimum Gasteiger partial charge on any atom is -0.396 e. The van der Waals surface area contributed by atoms with Crippen LogP contribution in [-0.4, -0.2) is 26.2 Å². The maximum Gasteiger partial charge on any atom is 0.240 e. The first-order valence-electron chi connectivity index (χ1n) is 5.97. The van der Waals surface area contributed by atoms with Gasteiger partial charge in [0, 0.05) is 6.54 Å². The van der Waals surface area contributed by atoms with Gasteiger partial charge < -0.3 is 10.8 Å². The molecular formula is C12H19FN2O3S. The van der Waals surface area contributed by atoms with E-state index in [2.05, 4.69) is 4.72 Å². The van der Waals surface area contributed by atoms with E-state index in [4.69, 9.17) is 10.8 Å². The Labute approximate surface area is 112 Å². The van der Waals surface area contributed by atoms with Crippen LogP contribution in [-0.2, 0) is 10.0 Å². The molecule has 0 bridgehead atoms. The van der Waals surface area contributed by atoms with Crippen molar-refractivity contribution >= 4 is 15.7 Å². The van der Waals surface area contributed by atoms with Crippen LogP contribution in [0.25, 0.3) is 0 Å². The van der Waals surface area contributed by atoms with Crippen LogP contribution >= 0.6 is 0 Å². The fraction of sp³-hybridized carbons (Fsp3) is 0.500. The molecule has 0 saturated heterocycles. The summed E-state index contributed by atoms with van der Waals surface area (Å²) < 4.78 is 39.6. The van der Waals surface area contributed by atoms with Crippen LogP contribution < -0.4 is 10.5 Å². The molecule has 0 aliphatic rings. The fourth-order valence-corrected chi connectivity index (χ4v) is 2.80. The van der Waals surface area contributed by atoms with E-state index in [1.54, 1.807) is 6.92 Å². The van der Waals surface area contributed by atoms with Crippen LogP contribution in [0.2, 0.25) is 0 Å². The molecule has 0 heterocycles. The number of aliphatic hydroxyl groups is 1. The molecular weight excluding hydrogens is 271 g/mol. The number of nitrogens with two attached hydrogens (primary N) is 1. The number of aryl methyl sites for hydroxylation is 1. The Kier molecular flexibility index (Phi) is 5.28. The summed E-state index contributed by atoms with van der Waals surface area (Å²) in [4.78, 5) is -0.0547. The van der Waals surface area contributed by atoms with Gasteiger partial charge in [-0.2, -0.15) is 0 Å². The van der Waals surface area contributed by atoms with Crippen molar-refractivity contribution in [1.29, 1.82) is 0 Å². The minimum atomic E-state index is -3.70. The summed E-state index contributed by atoms with van der Waals surface area (Å²) in [5.41, 5.74) is 5.41. The third kappa shape index (κ3) is 4.45. The summed E-state index contributed by atoms with van der Waals surface area (Å²) in [6, 6.07) is 2.34. The first-order chi connectivity index (χ1) is 8.74. The largest absolute Gasteiger partial charge is 0.396 e. The third-order valence-electron chi connectivity index (χ3n) is 2.66. The smallest absolute Gasteiger partial charge is 0.240 e. The van der Waals surface area contributed by atoms with Crippen molar-refractivity contribution in [2.45, 2.75) is 37.7 Å². The van der Waals surface area contributed by atoms with Gasteiger partial charge in [0.05, 0.1) is 16.7 Å². The van der Waals surface area contributed by atoms with Crippen LogP contribution in [0.3, 0.4) is 0 Å². The number of benzene rings is 1. The summed E-state index contributed by atoms with van der Waals surface area (Å²) in [5.74, 6) is -0.604. The van der Waals surface area contributed by atoms with Gasteiger partial charge in [-0.15, -0.1) is 0 Å². The number of anilines is 1. The second-order valence-corrected chi connectivity index (χ2v) is 6.30. The molecule has 0 aromatic heterocycles. The van der Waals surface area contributed by atoms with Gasteiger partial charge in [0.25, 0.3) is 0 Å². The Morgan fingerprint density at radius 1 is 1.47 bits per heavy atom. The standard InChI is InChI=1S/C12H19FN2O3S/c1-8-6-10(7-11(14)12(8)13)19(17,18)15-5-3-4-9(2)16/h6-7,9,15-16H,3-5,14H2,1-2H3. The molecule has 1 rings (SSSR count). The van der Waals surface area contributed by atoms with Crippen molar-refractivity contribution in [3.8, 4) is 0 Å². The number of nitrogens with one attached hydrogen (secondary N) is 1. The lowest BCUT2D eigenvalue weighted by Crippen LogP contribution is -2.25. The Hall–Kier alpha value is -1.18. The predicted molar refractivity (Wildman–Crippen MR) is 71.7 cm³/mol. The molecule has 4 N–H and O–H groups in total. The fourth-order valence-electron chi connectivity index (χ4n) is 1.61. The Morgan fingerprint density at radius 3 is 2.63 bits per heavy atom. The highest BCUT2D eigenvalue weighted by molar-refractivity contribution is 7.89. The molecule has 1 aromatic carbocycles. The zero-order valence-electron chi connectivity index (χ0n) is 11.0. The normalized spacial score (nSPS) is 13.5. The molecule has 0 aliphatic heterocycles. The number of rotatable bonds is 6. The Balaban J connectivity index is 2.78. The Morgan fingerprint density at radius 2 is 2.11 bits per heavy atom. The van der Waals surface area contributed by atoms with Crippen molar-refractivity contribution in [2.24, 2.45) is 0 Å². The zero-order valence-corrected chi connectivity index (χ0v) is 11.8. The molecule has 0 saturated carbocycles. The second kappa shape index (κ2) is 6.31. The van der Waals surface area contributed by atoms with Crippen LogP contribution in [0.15, 0.2) is 17.0 Å². The third-order valence-corrected chi connectivity index (χ3v) is 4.10. The van der Waals surface area contributed by atoms with Gasteiger partial charge in [-0.05, 0) is 44.4 Å². The molecule has 108 valence electrons. The van der Waals surface area contributed by atoms with E-state index in [1.807, 2.05) is 0 Å². The first kappa shape index (κ1) is 15.9. The number of hydrogen-bond acceptors (Lipinski definition) is 4. The molecule has 0 amide bonds. The summed E-state index contributed by atoms with van der Waals surface area (Å²) in [7, 11) is -3.70. The monoisotopic (exact) mass is 290 g/mol. The van der Waals surface area contributed by atoms with E-state index in [1.165, 1.54) is 13.0 Å². The summed E-state index contributed by atoms with van der Waals surface area (Å²) in [5, 5.41) is 9.07. The van der Waals surface area contributed by atoms with Crippen molar-refractivity contribution in [3.05, 3.63) is 23.5 Å². The topological polar surface area (TPSA) is 92.4 Å². The summed E-state index contributed by atoms with van der Waals surface area (Å²) in [6.45, 7) is 3.31. The maximum atomic E-state index is 13.3. The van der Waals surface area contributed by atoms with Gasteiger partial charge in [-0.3, -0.25) is 0 Å². The number of sulfonamides is 1. The molecule has 0 radical (unpaired) electrons. The van der Waals surface area contributed by atoms with Gasteiger partial charge in [-0.1, -0.05) is 0 Å². The highest BCUT2D eigenvalue weighted by Gasteiger charge is 2.16. The lowest BCUT2D eigenvalue weighted by molar-refractivity contribution is 0.182. The van der Waals surface area contributed by atoms with Gasteiger partial charge in [-0.25, -0.2) is 17.5 Å². The number of aliphatic hydroxyl groups excluding tert-OH is 1. The van der Waals surface area contributed by atoms with Crippen LogP contribution in [0.1, 0.15) is 25.3 Å². The van der Waals surface area contributed by atoms with Crippen molar-refractivity contribution < 1.29 is 17.9 Å². The van der Waals surface area contributed by atoms with E-state index in [9.17, 15) is 12.8 Å². The van der Waals surface area contributed by atoms with Crippen LogP contribution in [0.4, 0.5) is 10.1 Å². The highest BCUT2D eigenvalue weighted by atomic mass is 32.2. The van der Waals surface area contributed by atoms with Crippen molar-refractivity contribution in [2.75, 3.05) is 12.3 Å². The van der Waals surface area contributed by atoms with Crippen LogP contribution in [0.5, 0.6) is 0 Å². The second-order valence-electron chi connectivity index (χ2n) is 4.53. The zero-order chi connectivity index (χ0) is 14.6. The quantitative estimate of drug-likeness (QED) is 0.541. The summed E-state index contributed by atoms with van der Waals surface area (Å²) >= 11 is 0. The molecule has 1 atom stereocenters. The maximum absolute atomic E-state index is 13.3. The van der Waals surface area contributed by atoms with Gasteiger partial charge in [0.2, 0.25) is 10.0 Å². The van der Waals surface area contributed by atoms with E-state index >= 15 is 0 Å². The molecule has 7 heteroatoms. The van der Waals surface area contributed by atoms with Gasteiger partial charge in [0.1, 0.15) is 5.82 Å². The number of halogens is 1. The van der Waals surface area contributed by atoms with Crippen LogP contribution in [0, 0.1) is 12.7 Å². The minimum absolute atomic E-state index is 0.0547. The van der Waals surface area contributed by atoms with Gasteiger partial charge in [0.15, 0.2) is 0 Å². The van der Waals surface area contributed by atoms with E-state index in [-0.39, 0.29) is 22.7 Å². The van der Waals surface area contributed by atoms with E-state index in [0.717, 1.165) is 6.07 Å². The van der Waals surface area contributed by atoms with E-state index < -0.39 is 21.9 Å². The lowest BCUT2D eigenvalue weighted by atomic mass is 10.2. The molecule has 1 aromatic rings. The first-order valence-corrected chi connectivity index (χ1v) is 7.45. The molecule has 19 heavy (non-hydrogen) atoms. The average Bonchev–Trinajstić information content (AvgIpc) is 2.31. The highest BCUT2D eigenvalue weighted by Crippen LogP contribution is 2.20. The van der Waals surface area contributed by atoms with Gasteiger partial charge >= 0.3 is 0 Å². The van der Waals surface area contributed by atoms with E-state index in [0.29, 0.717) is 12.8 Å². The lowest BCUT2D eigenvalue weighted by Gasteiger charge is -2.10. The molecule has 0 fully saturated rings. The average molecular weight is 290 g/mol. The molecule has 1 unspecified atom stereocenters. The number of nitrogen functional groups attached to an aromatic ring is 1. The van der Waals surface area contributed by atoms with Crippen molar-refractivity contribution in [3.63, 3.8) is 0 Å². The number of hydrogen-bond donors (Lipinski definition) is 3. The molecule has 0 spiro atoms. The SMILES string of the molecule is Cc1cc(S(=O)(=O)NCCCC(C)O)cc(N)c1F. The summed E-state index contributed by atoms with van der Waals surface area (Å²) in [6.07, 6.45) is 0.563. The predicted octanol–water partition coefficient (Wildman–Crippen LogP) is 1.16. The Bertz CT molecular complexity index is 521. The molecule has 5 nitrogen and oxygen atoms in total. The molecule has 0 aliphatic carbocycles.